The predicted octanol–water partition coefficient (Wildman–Crippen LogP) is 5.01. The third kappa shape index (κ3) is 7.60. The van der Waals surface area contributed by atoms with E-state index in [2.05, 4.69) is 27.9 Å². The number of nitrogens with one attached hydrogen (secondary N) is 1. The van der Waals surface area contributed by atoms with Gasteiger partial charge < -0.3 is 10.2 Å². The van der Waals surface area contributed by atoms with Gasteiger partial charge in [-0.05, 0) is 90.7 Å². The van der Waals surface area contributed by atoms with Crippen LogP contribution < -0.4 is 9.62 Å². The summed E-state index contributed by atoms with van der Waals surface area (Å²) in [6.45, 7) is 1.58. The Bertz CT molecular complexity index is 1350. The number of amides is 2. The molecule has 1 N–H and O–H groups in total. The van der Waals surface area contributed by atoms with Gasteiger partial charge in [-0.1, -0.05) is 61.4 Å². The third-order valence-electron chi connectivity index (χ3n) is 7.08. The molecule has 1 saturated carbocycles. The highest BCUT2D eigenvalue weighted by Gasteiger charge is 2.33. The van der Waals surface area contributed by atoms with Crippen molar-refractivity contribution in [1.82, 2.24) is 10.2 Å². The molecule has 3 aromatic carbocycles. The van der Waals surface area contributed by atoms with Gasteiger partial charge in [-0.15, -0.1) is 0 Å². The van der Waals surface area contributed by atoms with E-state index in [1.54, 1.807) is 49.4 Å². The molecule has 1 aliphatic carbocycles. The molecular weight excluding hydrogens is 625 g/mol. The highest BCUT2D eigenvalue weighted by atomic mass is 127. The van der Waals surface area contributed by atoms with Gasteiger partial charge in [0.25, 0.3) is 10.0 Å². The SMILES string of the molecule is C[C@@H](C(=O)NC1CCCC1)N(CCc1ccccc1)C(=O)CN(c1ccc(I)cc1)S(=O)(=O)c1ccccc1. The van der Waals surface area contributed by atoms with E-state index in [1.807, 2.05) is 30.3 Å². The van der Waals surface area contributed by atoms with Crippen LogP contribution in [0.25, 0.3) is 0 Å². The number of carbonyl (C=O) groups excluding carboxylic acids is 2. The number of sulfonamides is 1. The summed E-state index contributed by atoms with van der Waals surface area (Å²) in [6, 6.07) is 24.2. The monoisotopic (exact) mass is 659 g/mol. The van der Waals surface area contributed by atoms with Crippen molar-refractivity contribution in [2.75, 3.05) is 17.4 Å². The van der Waals surface area contributed by atoms with Crippen molar-refractivity contribution in [2.45, 2.75) is 56.0 Å². The van der Waals surface area contributed by atoms with Crippen LogP contribution >= 0.6 is 22.6 Å². The van der Waals surface area contributed by atoms with Crippen molar-refractivity contribution in [3.8, 4) is 0 Å². The van der Waals surface area contributed by atoms with Crippen molar-refractivity contribution in [1.29, 1.82) is 0 Å². The molecule has 0 aromatic heterocycles. The first-order chi connectivity index (χ1) is 18.8. The second-order valence-corrected chi connectivity index (χ2v) is 12.9. The van der Waals surface area contributed by atoms with E-state index in [9.17, 15) is 18.0 Å². The number of hydrogen-bond donors (Lipinski definition) is 1. The fourth-order valence-corrected chi connectivity index (χ4v) is 6.61. The summed E-state index contributed by atoms with van der Waals surface area (Å²) in [7, 11) is -4.04. The molecule has 0 spiro atoms. The zero-order valence-electron chi connectivity index (χ0n) is 22.0. The van der Waals surface area contributed by atoms with E-state index in [1.165, 1.54) is 17.0 Å². The molecule has 9 heteroatoms. The average molecular weight is 660 g/mol. The smallest absolute Gasteiger partial charge is 0.264 e. The van der Waals surface area contributed by atoms with Crippen LogP contribution in [0.1, 0.15) is 38.2 Å². The minimum Gasteiger partial charge on any atom is -0.352 e. The van der Waals surface area contributed by atoms with Crippen LogP contribution in [0.4, 0.5) is 5.69 Å². The Morgan fingerprint density at radius 1 is 0.923 bits per heavy atom. The summed E-state index contributed by atoms with van der Waals surface area (Å²) in [5.41, 5.74) is 1.42. The van der Waals surface area contributed by atoms with E-state index < -0.39 is 28.5 Å². The lowest BCUT2D eigenvalue weighted by molar-refractivity contribution is -0.139. The molecule has 1 atom stereocenters. The Morgan fingerprint density at radius 2 is 1.51 bits per heavy atom. The lowest BCUT2D eigenvalue weighted by Crippen LogP contribution is -2.53. The molecule has 206 valence electrons. The minimum absolute atomic E-state index is 0.0965. The van der Waals surface area contributed by atoms with E-state index in [4.69, 9.17) is 0 Å². The first-order valence-corrected chi connectivity index (χ1v) is 15.7. The Hall–Kier alpha value is -2.92. The maximum atomic E-state index is 13.9. The molecule has 1 aliphatic rings. The van der Waals surface area contributed by atoms with E-state index in [0.717, 1.165) is 39.1 Å². The van der Waals surface area contributed by atoms with Crippen LogP contribution in [0.5, 0.6) is 0 Å². The molecular formula is C30H34IN3O4S. The maximum absolute atomic E-state index is 13.9. The Morgan fingerprint density at radius 3 is 2.13 bits per heavy atom. The number of hydrogen-bond acceptors (Lipinski definition) is 4. The summed E-state index contributed by atoms with van der Waals surface area (Å²) in [4.78, 5) is 28.8. The van der Waals surface area contributed by atoms with Crippen LogP contribution in [-0.2, 0) is 26.0 Å². The van der Waals surface area contributed by atoms with E-state index in [0.29, 0.717) is 12.1 Å². The molecule has 7 nitrogen and oxygen atoms in total. The lowest BCUT2D eigenvalue weighted by Gasteiger charge is -2.32. The van der Waals surface area contributed by atoms with Gasteiger partial charge in [0, 0.05) is 16.2 Å². The van der Waals surface area contributed by atoms with Crippen LogP contribution in [0.15, 0.2) is 89.8 Å². The number of benzene rings is 3. The van der Waals surface area contributed by atoms with E-state index >= 15 is 0 Å². The van der Waals surface area contributed by atoms with Crippen molar-refractivity contribution >= 4 is 50.1 Å². The van der Waals surface area contributed by atoms with Crippen molar-refractivity contribution in [3.05, 3.63) is 94.1 Å². The largest absolute Gasteiger partial charge is 0.352 e. The van der Waals surface area contributed by atoms with Crippen LogP contribution in [0.3, 0.4) is 0 Å². The minimum atomic E-state index is -4.04. The number of halogens is 1. The second-order valence-electron chi connectivity index (χ2n) is 9.79. The predicted molar refractivity (Wildman–Crippen MR) is 162 cm³/mol. The van der Waals surface area contributed by atoms with Crippen LogP contribution in [0, 0.1) is 3.57 Å². The zero-order chi connectivity index (χ0) is 27.8. The normalized spacial score (nSPS) is 14.5. The molecule has 0 bridgehead atoms. The summed E-state index contributed by atoms with van der Waals surface area (Å²) in [5.74, 6) is -0.645. The summed E-state index contributed by atoms with van der Waals surface area (Å²) in [6.07, 6.45) is 4.58. The quantitative estimate of drug-likeness (QED) is 0.294. The highest BCUT2D eigenvalue weighted by molar-refractivity contribution is 14.1. The van der Waals surface area contributed by atoms with Gasteiger partial charge in [0.1, 0.15) is 12.6 Å². The first kappa shape index (κ1) is 29.1. The fraction of sp³-hybridized carbons (Fsp3) is 0.333. The Kier molecular flexibility index (Phi) is 10.0. The molecule has 0 saturated heterocycles. The molecule has 1 fully saturated rings. The third-order valence-corrected chi connectivity index (χ3v) is 9.58. The molecule has 3 aromatic rings. The van der Waals surface area contributed by atoms with Crippen LogP contribution in [-0.4, -0.2) is 50.3 Å². The van der Waals surface area contributed by atoms with Gasteiger partial charge in [0.15, 0.2) is 0 Å². The summed E-state index contributed by atoms with van der Waals surface area (Å²) >= 11 is 2.15. The molecule has 39 heavy (non-hydrogen) atoms. The number of nitrogens with zero attached hydrogens (tertiary/aromatic N) is 2. The second kappa shape index (κ2) is 13.4. The first-order valence-electron chi connectivity index (χ1n) is 13.2. The summed E-state index contributed by atoms with van der Waals surface area (Å²) in [5, 5.41) is 3.09. The maximum Gasteiger partial charge on any atom is 0.264 e. The Balaban J connectivity index is 1.62. The number of carbonyl (C=O) groups is 2. The van der Waals surface area contributed by atoms with Gasteiger partial charge >= 0.3 is 0 Å². The lowest BCUT2D eigenvalue weighted by atomic mass is 10.1. The zero-order valence-corrected chi connectivity index (χ0v) is 25.0. The van der Waals surface area contributed by atoms with Gasteiger partial charge in [-0.2, -0.15) is 0 Å². The number of rotatable bonds is 11. The van der Waals surface area contributed by atoms with Gasteiger partial charge in [0.2, 0.25) is 11.8 Å². The Labute approximate surface area is 244 Å². The fourth-order valence-electron chi connectivity index (χ4n) is 4.82. The van der Waals surface area contributed by atoms with Crippen molar-refractivity contribution < 1.29 is 18.0 Å². The molecule has 4 rings (SSSR count). The van der Waals surface area contributed by atoms with Gasteiger partial charge in [-0.25, -0.2) is 8.42 Å². The van der Waals surface area contributed by atoms with E-state index in [-0.39, 0.29) is 23.4 Å². The van der Waals surface area contributed by atoms with Crippen molar-refractivity contribution in [2.24, 2.45) is 0 Å². The topological polar surface area (TPSA) is 86.8 Å². The highest BCUT2D eigenvalue weighted by Crippen LogP contribution is 2.25. The molecule has 0 unspecified atom stereocenters. The van der Waals surface area contributed by atoms with Gasteiger partial charge in [0.05, 0.1) is 10.6 Å². The average Bonchev–Trinajstić information content (AvgIpc) is 3.46. The van der Waals surface area contributed by atoms with Crippen LogP contribution in [0.2, 0.25) is 0 Å². The molecule has 0 aliphatic heterocycles. The number of anilines is 1. The van der Waals surface area contributed by atoms with Gasteiger partial charge in [-0.3, -0.25) is 13.9 Å². The standard InChI is InChI=1S/C30H34IN3O4S/c1-23(30(36)32-26-12-8-9-13-26)33(21-20-24-10-4-2-5-11-24)29(35)22-34(27-18-16-25(31)17-19-27)39(37,38)28-14-6-3-7-15-28/h2-7,10-11,14-19,23,26H,8-9,12-13,20-22H2,1H3,(H,32,36)/t23-/m0/s1. The van der Waals surface area contributed by atoms with Crippen molar-refractivity contribution in [3.63, 3.8) is 0 Å². The summed E-state index contributed by atoms with van der Waals surface area (Å²) < 4.78 is 29.6. The molecule has 0 radical (unpaired) electrons. The molecule has 0 heterocycles. The molecule has 2 amide bonds.